The average molecular weight is 337 g/mol. The minimum absolute atomic E-state index is 0. The van der Waals surface area contributed by atoms with Crippen LogP contribution in [0.2, 0.25) is 0 Å². The quantitative estimate of drug-likeness (QED) is 0.601. The fraction of sp³-hybridized carbons (Fsp3) is 0.412. The summed E-state index contributed by atoms with van der Waals surface area (Å²) in [7, 11) is 0.750. The largest absolute Gasteiger partial charge is 1.00 e. The van der Waals surface area contributed by atoms with Gasteiger partial charge >= 0.3 is 51.4 Å². The fourth-order valence-corrected chi connectivity index (χ4v) is 3.43. The van der Waals surface area contributed by atoms with Crippen LogP contribution < -0.4 is 61.9 Å². The van der Waals surface area contributed by atoms with Crippen molar-refractivity contribution >= 4 is 21.9 Å². The topological polar surface area (TPSA) is 73.7 Å². The number of hydrogen-bond acceptors (Lipinski definition) is 3. The second kappa shape index (κ2) is 8.55. The number of fused-ring (bicyclic) bond motifs is 3. The van der Waals surface area contributed by atoms with E-state index < -0.39 is 0 Å². The molecule has 1 aliphatic carbocycles. The molecular weight excluding hydrogens is 317 g/mol. The maximum Gasteiger partial charge on any atom is 1.00 e. The third-order valence-electron chi connectivity index (χ3n) is 4.44. The Labute approximate surface area is 177 Å². The van der Waals surface area contributed by atoms with Gasteiger partial charge in [0.1, 0.15) is 5.65 Å². The van der Waals surface area contributed by atoms with Gasteiger partial charge in [0.05, 0.1) is 10.9 Å². The molecule has 3 aromatic rings. The molecule has 0 aliphatic heterocycles. The van der Waals surface area contributed by atoms with Crippen LogP contribution in [-0.4, -0.2) is 21.6 Å². The van der Waals surface area contributed by atoms with Gasteiger partial charge in [-0.1, -0.05) is 19.3 Å². The van der Waals surface area contributed by atoms with Crippen LogP contribution >= 0.6 is 0 Å². The van der Waals surface area contributed by atoms with Crippen molar-refractivity contribution in [2.24, 2.45) is 0 Å². The summed E-state index contributed by atoms with van der Waals surface area (Å²) >= 11 is 0. The van der Waals surface area contributed by atoms with Crippen molar-refractivity contribution in [1.29, 1.82) is 0 Å². The van der Waals surface area contributed by atoms with Crippen molar-refractivity contribution < 1.29 is 56.5 Å². The second-order valence-corrected chi connectivity index (χ2v) is 5.64. The number of rotatable bonds is 1. The number of hydrogen-bond donors (Lipinski definition) is 1. The number of aromatic amines is 1. The molecule has 5 nitrogen and oxygen atoms in total. The molecule has 4 rings (SSSR count). The first-order valence-corrected chi connectivity index (χ1v) is 7.72. The van der Waals surface area contributed by atoms with E-state index in [9.17, 15) is 4.79 Å². The molecule has 1 N–H and O–H groups in total. The third kappa shape index (κ3) is 3.62. The Morgan fingerprint density at radius 3 is 2.65 bits per heavy atom. The molecule has 3 aromatic heterocycles. The van der Waals surface area contributed by atoms with E-state index in [0.717, 1.165) is 29.0 Å². The predicted molar refractivity (Wildman–Crippen MR) is 85.9 cm³/mol. The minimum Gasteiger partial charge on any atom is -0.857 e. The Hall–Kier alpha value is -0.504. The summed E-state index contributed by atoms with van der Waals surface area (Å²) in [6.07, 6.45) is 11.8. The molecule has 0 spiro atoms. The van der Waals surface area contributed by atoms with E-state index in [4.69, 9.17) is 5.11 Å². The smallest absolute Gasteiger partial charge is 0.857 e. The number of H-pyrrole nitrogens is 1. The standard InChI is InChI=1S/C16H17N3O.CH3O.K/c20-14-7-9-19(11-4-2-1-3-5-11)15-12-6-8-17-16(12)18-10-13(14)15;1-2;/h6-11H,1-5H2,(H,17,18);1H3;/q;-1;+1. The molecule has 116 valence electrons. The summed E-state index contributed by atoms with van der Waals surface area (Å²) in [5, 5.41) is 10.0. The van der Waals surface area contributed by atoms with Crippen LogP contribution in [0, 0.1) is 0 Å². The number of nitrogens with zero attached hydrogens (tertiary/aromatic N) is 2. The van der Waals surface area contributed by atoms with Gasteiger partial charge < -0.3 is 14.7 Å². The Bertz CT molecular complexity index is 835. The van der Waals surface area contributed by atoms with Crippen molar-refractivity contribution in [2.75, 3.05) is 7.11 Å². The van der Waals surface area contributed by atoms with Crippen LogP contribution in [-0.2, 0) is 0 Å². The number of aromatic nitrogens is 3. The van der Waals surface area contributed by atoms with Crippen LogP contribution in [0.4, 0.5) is 0 Å². The first-order chi connectivity index (χ1) is 10.8. The molecule has 0 saturated heterocycles. The van der Waals surface area contributed by atoms with Gasteiger partial charge in [-0.05, 0) is 18.9 Å². The molecule has 0 bridgehead atoms. The van der Waals surface area contributed by atoms with E-state index in [1.165, 1.54) is 32.1 Å². The van der Waals surface area contributed by atoms with Crippen LogP contribution in [0.15, 0.2) is 35.5 Å². The van der Waals surface area contributed by atoms with E-state index in [1.807, 2.05) is 18.5 Å². The number of pyridine rings is 2. The van der Waals surface area contributed by atoms with Gasteiger partial charge in [-0.25, -0.2) is 4.98 Å². The third-order valence-corrected chi connectivity index (χ3v) is 4.44. The molecule has 23 heavy (non-hydrogen) atoms. The van der Waals surface area contributed by atoms with Gasteiger partial charge in [-0.2, -0.15) is 7.11 Å². The maximum atomic E-state index is 12.1. The second-order valence-electron chi connectivity index (χ2n) is 5.64. The summed E-state index contributed by atoms with van der Waals surface area (Å²) in [6, 6.07) is 4.20. The molecule has 0 unspecified atom stereocenters. The first kappa shape index (κ1) is 18.8. The zero-order valence-electron chi connectivity index (χ0n) is 13.7. The first-order valence-electron chi connectivity index (χ1n) is 7.72. The Kier molecular flexibility index (Phi) is 7.00. The van der Waals surface area contributed by atoms with E-state index in [-0.39, 0.29) is 56.8 Å². The SMILES string of the molecule is C[O-].O=c1ccn(C2CCCCC2)c2c1cnc1[nH]ccc12.[K+]. The van der Waals surface area contributed by atoms with Crippen LogP contribution in [0.1, 0.15) is 38.1 Å². The van der Waals surface area contributed by atoms with Gasteiger partial charge in [-0.3, -0.25) is 4.79 Å². The van der Waals surface area contributed by atoms with Crippen molar-refractivity contribution in [3.8, 4) is 0 Å². The van der Waals surface area contributed by atoms with Crippen molar-refractivity contribution in [3.63, 3.8) is 0 Å². The summed E-state index contributed by atoms with van der Waals surface area (Å²) in [5.74, 6) is 0. The molecule has 6 heteroatoms. The van der Waals surface area contributed by atoms with Crippen molar-refractivity contribution in [2.45, 2.75) is 38.1 Å². The van der Waals surface area contributed by atoms with Gasteiger partial charge in [0, 0.05) is 36.1 Å². The van der Waals surface area contributed by atoms with Crippen molar-refractivity contribution in [1.82, 2.24) is 14.5 Å². The summed E-state index contributed by atoms with van der Waals surface area (Å²) in [4.78, 5) is 19.6. The van der Waals surface area contributed by atoms with Gasteiger partial charge in [0.15, 0.2) is 5.43 Å². The fourth-order valence-electron chi connectivity index (χ4n) is 3.43. The summed E-state index contributed by atoms with van der Waals surface area (Å²) in [6.45, 7) is 0. The molecule has 1 aliphatic rings. The minimum atomic E-state index is 0. The Balaban J connectivity index is 0.000000617. The van der Waals surface area contributed by atoms with E-state index >= 15 is 0 Å². The van der Waals surface area contributed by atoms with E-state index in [1.54, 1.807) is 12.3 Å². The zero-order valence-corrected chi connectivity index (χ0v) is 16.8. The monoisotopic (exact) mass is 337 g/mol. The maximum absolute atomic E-state index is 12.1. The summed E-state index contributed by atoms with van der Waals surface area (Å²) < 4.78 is 2.30. The molecule has 3 heterocycles. The van der Waals surface area contributed by atoms with Crippen molar-refractivity contribution in [3.05, 3.63) is 40.9 Å². The Morgan fingerprint density at radius 1 is 1.17 bits per heavy atom. The number of nitrogens with one attached hydrogen (secondary N) is 1. The molecule has 0 amide bonds. The van der Waals surface area contributed by atoms with Crippen LogP contribution in [0.25, 0.3) is 21.9 Å². The zero-order chi connectivity index (χ0) is 15.5. The Morgan fingerprint density at radius 2 is 1.91 bits per heavy atom. The molecule has 0 aromatic carbocycles. The molecule has 1 saturated carbocycles. The molecule has 0 atom stereocenters. The molecular formula is C17H20KN3O2. The molecule has 0 radical (unpaired) electrons. The van der Waals surface area contributed by atoms with E-state index in [2.05, 4.69) is 14.5 Å². The predicted octanol–water partition coefficient (Wildman–Crippen LogP) is -0.636. The summed E-state index contributed by atoms with van der Waals surface area (Å²) in [5.41, 5.74) is 1.95. The van der Waals surface area contributed by atoms with Crippen LogP contribution in [0.5, 0.6) is 0 Å². The average Bonchev–Trinajstić information content (AvgIpc) is 3.07. The van der Waals surface area contributed by atoms with Crippen LogP contribution in [0.3, 0.4) is 0 Å². The normalized spacial score (nSPS) is 15.0. The van der Waals surface area contributed by atoms with Gasteiger partial charge in [0.25, 0.3) is 0 Å². The molecule has 1 fully saturated rings. The van der Waals surface area contributed by atoms with E-state index in [0.29, 0.717) is 6.04 Å². The van der Waals surface area contributed by atoms with Gasteiger partial charge in [-0.15, -0.1) is 0 Å². The van der Waals surface area contributed by atoms with Gasteiger partial charge in [0.2, 0.25) is 0 Å².